The Morgan fingerprint density at radius 2 is 1.06 bits per heavy atom. The lowest BCUT2D eigenvalue weighted by Gasteiger charge is -2.20. The maximum absolute atomic E-state index is 12.6. The van der Waals surface area contributed by atoms with Crippen LogP contribution < -0.4 is 5.73 Å². The molecule has 0 aliphatic rings. The van der Waals surface area contributed by atoms with Crippen LogP contribution in [-0.2, 0) is 32.7 Å². The van der Waals surface area contributed by atoms with Gasteiger partial charge in [0.05, 0.1) is 19.8 Å². The van der Waals surface area contributed by atoms with E-state index in [1.165, 1.54) is 103 Å². The summed E-state index contributed by atoms with van der Waals surface area (Å²) in [7, 11) is -4.61. The van der Waals surface area contributed by atoms with Crippen molar-refractivity contribution >= 4 is 19.8 Å². The Kier molecular flexibility index (Phi) is 34.2. The van der Waals surface area contributed by atoms with Crippen LogP contribution in [0.2, 0.25) is 0 Å². The largest absolute Gasteiger partial charge is 0.480 e. The Balaban J connectivity index is 4.28. The number of hydrogen-bond donors (Lipinski definition) is 3. The monoisotopic (exact) mass is 720 g/mol. The predicted octanol–water partition coefficient (Wildman–Crippen LogP) is 10.2. The van der Waals surface area contributed by atoms with Gasteiger partial charge in [0.2, 0.25) is 0 Å². The van der Waals surface area contributed by atoms with E-state index in [-0.39, 0.29) is 13.0 Å². The summed E-state index contributed by atoms with van der Waals surface area (Å²) in [5.41, 5.74) is 5.34. The van der Waals surface area contributed by atoms with Crippen molar-refractivity contribution in [3.05, 3.63) is 12.2 Å². The van der Waals surface area contributed by atoms with Gasteiger partial charge in [-0.25, -0.2) is 4.57 Å². The fraction of sp³-hybridized carbons (Fsp3) is 0.895. The van der Waals surface area contributed by atoms with Crippen molar-refractivity contribution in [1.82, 2.24) is 0 Å². The van der Waals surface area contributed by atoms with Gasteiger partial charge in [-0.1, -0.05) is 148 Å². The normalized spacial score (nSPS) is 14.2. The number of esters is 1. The fourth-order valence-electron chi connectivity index (χ4n) is 5.42. The maximum atomic E-state index is 12.6. The third-order valence-electron chi connectivity index (χ3n) is 8.54. The molecule has 3 unspecified atom stereocenters. The van der Waals surface area contributed by atoms with Crippen LogP contribution in [0.4, 0.5) is 0 Å². The second-order valence-electron chi connectivity index (χ2n) is 13.4. The Labute approximate surface area is 299 Å². The number of hydrogen-bond acceptors (Lipinski definition) is 8. The molecule has 49 heavy (non-hydrogen) atoms. The van der Waals surface area contributed by atoms with Gasteiger partial charge >= 0.3 is 19.8 Å². The van der Waals surface area contributed by atoms with Crippen LogP contribution in [0.5, 0.6) is 0 Å². The first-order chi connectivity index (χ1) is 23.7. The van der Waals surface area contributed by atoms with Crippen LogP contribution in [-0.4, -0.2) is 60.5 Å². The highest BCUT2D eigenvalue weighted by Gasteiger charge is 2.27. The van der Waals surface area contributed by atoms with Crippen molar-refractivity contribution in [2.24, 2.45) is 5.73 Å². The summed E-state index contributed by atoms with van der Waals surface area (Å²) >= 11 is 0. The second kappa shape index (κ2) is 35.1. The summed E-state index contributed by atoms with van der Waals surface area (Å²) in [6.07, 6.45) is 34.0. The molecular weight excluding hydrogens is 645 g/mol. The molecule has 0 aliphatic carbocycles. The highest BCUT2D eigenvalue weighted by molar-refractivity contribution is 7.47. The lowest BCUT2D eigenvalue weighted by atomic mass is 10.0. The van der Waals surface area contributed by atoms with Gasteiger partial charge < -0.3 is 25.2 Å². The number of phosphoric acid groups is 1. The summed E-state index contributed by atoms with van der Waals surface area (Å²) in [5, 5.41) is 8.86. The van der Waals surface area contributed by atoms with Gasteiger partial charge in [0.1, 0.15) is 12.1 Å². The molecule has 0 aromatic carbocycles. The Morgan fingerprint density at radius 3 is 1.57 bits per heavy atom. The standard InChI is InChI=1S/C38H74NO9P/c1-3-5-7-9-11-13-15-17-19-21-23-25-27-29-31-45-32-35(33-46-49(43,44)47-34-36(39)38(41)42)48-37(40)30-28-26-24-22-20-18-16-14-12-10-8-6-4-2/h14,16,35-36H,3-13,15,17-34,39H2,1-2H3,(H,41,42)(H,43,44)/b16-14-. The average molecular weight is 720 g/mol. The molecule has 0 saturated carbocycles. The molecule has 0 fully saturated rings. The molecule has 3 atom stereocenters. The highest BCUT2D eigenvalue weighted by atomic mass is 31.2. The molecule has 4 N–H and O–H groups in total. The Hall–Kier alpha value is -1.29. The summed E-state index contributed by atoms with van der Waals surface area (Å²) in [6, 6.07) is -1.47. The molecule has 0 radical (unpaired) electrons. The van der Waals surface area contributed by atoms with Crippen molar-refractivity contribution in [2.45, 2.75) is 193 Å². The number of unbranched alkanes of at least 4 members (excludes halogenated alkanes) is 22. The number of allylic oxidation sites excluding steroid dienone is 2. The molecule has 0 amide bonds. The van der Waals surface area contributed by atoms with Crippen LogP contribution in [0.25, 0.3) is 0 Å². The Morgan fingerprint density at radius 1 is 0.633 bits per heavy atom. The predicted molar refractivity (Wildman–Crippen MR) is 199 cm³/mol. The van der Waals surface area contributed by atoms with Crippen molar-refractivity contribution in [3.63, 3.8) is 0 Å². The minimum atomic E-state index is -4.61. The van der Waals surface area contributed by atoms with E-state index in [1.54, 1.807) is 0 Å². The molecule has 0 aromatic heterocycles. The number of carboxylic acids is 1. The molecule has 0 rings (SSSR count). The fourth-order valence-corrected chi connectivity index (χ4v) is 6.20. The molecular formula is C38H74NO9P. The number of phosphoric ester groups is 1. The first-order valence-corrected chi connectivity index (χ1v) is 21.2. The highest BCUT2D eigenvalue weighted by Crippen LogP contribution is 2.43. The van der Waals surface area contributed by atoms with Crippen molar-refractivity contribution in [3.8, 4) is 0 Å². The maximum Gasteiger partial charge on any atom is 0.472 e. The molecule has 11 heteroatoms. The molecule has 290 valence electrons. The molecule has 10 nitrogen and oxygen atoms in total. The van der Waals surface area contributed by atoms with Crippen molar-refractivity contribution in [1.29, 1.82) is 0 Å². The summed E-state index contributed by atoms with van der Waals surface area (Å²) in [4.78, 5) is 33.4. The van der Waals surface area contributed by atoms with Crippen LogP contribution in [0.3, 0.4) is 0 Å². The number of ether oxygens (including phenoxy) is 2. The number of carbonyl (C=O) groups excluding carboxylic acids is 1. The minimum absolute atomic E-state index is 0.0188. The van der Waals surface area contributed by atoms with Crippen LogP contribution in [0.1, 0.15) is 181 Å². The molecule has 0 heterocycles. The first kappa shape index (κ1) is 47.7. The quantitative estimate of drug-likeness (QED) is 0.0243. The molecule has 0 bridgehead atoms. The first-order valence-electron chi connectivity index (χ1n) is 19.7. The smallest absolute Gasteiger partial charge is 0.472 e. The Bertz CT molecular complexity index is 842. The van der Waals surface area contributed by atoms with Gasteiger partial charge in [0.15, 0.2) is 0 Å². The van der Waals surface area contributed by atoms with Crippen LogP contribution in [0.15, 0.2) is 12.2 Å². The SMILES string of the molecule is CCCCCC/C=C\CCCCCCCC(=O)OC(COCCCCCCCCCCCCCCCC)COP(=O)(O)OCC(N)C(=O)O. The number of carboxylic acid groups (broad SMARTS) is 1. The summed E-state index contributed by atoms with van der Waals surface area (Å²) in [6.45, 7) is 3.86. The minimum Gasteiger partial charge on any atom is -0.480 e. The van der Waals surface area contributed by atoms with E-state index in [0.717, 1.165) is 51.4 Å². The van der Waals surface area contributed by atoms with E-state index >= 15 is 0 Å². The second-order valence-corrected chi connectivity index (χ2v) is 14.9. The molecule has 0 aromatic rings. The van der Waals surface area contributed by atoms with E-state index in [2.05, 4.69) is 26.0 Å². The van der Waals surface area contributed by atoms with E-state index in [1.807, 2.05) is 0 Å². The van der Waals surface area contributed by atoms with E-state index in [4.69, 9.17) is 29.4 Å². The van der Waals surface area contributed by atoms with Crippen LogP contribution in [0, 0.1) is 0 Å². The zero-order chi connectivity index (χ0) is 36.3. The van der Waals surface area contributed by atoms with Gasteiger partial charge in [-0.2, -0.15) is 0 Å². The third kappa shape index (κ3) is 34.9. The number of rotatable bonds is 38. The number of nitrogens with two attached hydrogens (primary N) is 1. The van der Waals surface area contributed by atoms with E-state index < -0.39 is 45.1 Å². The van der Waals surface area contributed by atoms with Crippen LogP contribution >= 0.6 is 7.82 Å². The average Bonchev–Trinajstić information content (AvgIpc) is 3.07. The molecule has 0 spiro atoms. The molecule has 0 saturated heterocycles. The lowest BCUT2D eigenvalue weighted by molar-refractivity contribution is -0.154. The third-order valence-corrected chi connectivity index (χ3v) is 9.50. The number of carbonyl (C=O) groups is 2. The van der Waals surface area contributed by atoms with Crippen molar-refractivity contribution in [2.75, 3.05) is 26.4 Å². The van der Waals surface area contributed by atoms with Crippen molar-refractivity contribution < 1.29 is 42.7 Å². The topological polar surface area (TPSA) is 155 Å². The van der Waals surface area contributed by atoms with Gasteiger partial charge in [-0.05, 0) is 38.5 Å². The summed E-state index contributed by atoms with van der Waals surface area (Å²) in [5.74, 6) is -1.78. The zero-order valence-electron chi connectivity index (χ0n) is 31.3. The van der Waals surface area contributed by atoms with Gasteiger partial charge in [-0.15, -0.1) is 0 Å². The van der Waals surface area contributed by atoms with Gasteiger partial charge in [-0.3, -0.25) is 18.6 Å². The van der Waals surface area contributed by atoms with E-state index in [9.17, 15) is 19.0 Å². The molecule has 0 aliphatic heterocycles. The summed E-state index contributed by atoms with van der Waals surface area (Å²) < 4.78 is 33.2. The lowest BCUT2D eigenvalue weighted by Crippen LogP contribution is -2.34. The number of aliphatic carboxylic acids is 1. The van der Waals surface area contributed by atoms with Gasteiger partial charge in [0.25, 0.3) is 0 Å². The van der Waals surface area contributed by atoms with E-state index in [0.29, 0.717) is 13.0 Å². The van der Waals surface area contributed by atoms with Gasteiger partial charge in [0, 0.05) is 13.0 Å². The zero-order valence-corrected chi connectivity index (χ0v) is 32.2.